The van der Waals surface area contributed by atoms with Gasteiger partial charge in [0.1, 0.15) is 0 Å². The average Bonchev–Trinajstić information content (AvgIpc) is 2.12. The average molecular weight is 196 g/mol. The predicted molar refractivity (Wildman–Crippen MR) is 60.5 cm³/mol. The number of hydrogen-bond donors (Lipinski definition) is 1. The summed E-state index contributed by atoms with van der Waals surface area (Å²) in [5, 5.41) is 3.39. The van der Waals surface area contributed by atoms with Crippen LogP contribution in [0.1, 0.15) is 46.0 Å². The van der Waals surface area contributed by atoms with Crippen LogP contribution in [0.2, 0.25) is 0 Å². The summed E-state index contributed by atoms with van der Waals surface area (Å²) in [6.07, 6.45) is 7.25. The van der Waals surface area contributed by atoms with Gasteiger partial charge in [-0.3, -0.25) is 4.90 Å². The van der Waals surface area contributed by atoms with Crippen molar-refractivity contribution in [1.82, 2.24) is 10.2 Å². The number of rotatable bonds is 3. The Balaban J connectivity index is 1.93. The minimum atomic E-state index is 0.727. The molecule has 1 N–H and O–H groups in total. The second kappa shape index (κ2) is 4.63. The lowest BCUT2D eigenvalue weighted by atomic mass is 9.91. The highest BCUT2D eigenvalue weighted by Gasteiger charge is 2.32. The zero-order chi connectivity index (χ0) is 9.97. The SMILES string of the molecule is CC(C)N(C1CCCCC1)C1CNC1. The van der Waals surface area contributed by atoms with Crippen molar-refractivity contribution in [1.29, 1.82) is 0 Å². The fourth-order valence-corrected chi connectivity index (χ4v) is 3.00. The Morgan fingerprint density at radius 1 is 1.00 bits per heavy atom. The molecule has 14 heavy (non-hydrogen) atoms. The first-order chi connectivity index (χ1) is 6.79. The molecule has 0 aromatic rings. The minimum absolute atomic E-state index is 0.727. The van der Waals surface area contributed by atoms with Crippen molar-refractivity contribution in [2.75, 3.05) is 13.1 Å². The van der Waals surface area contributed by atoms with E-state index in [-0.39, 0.29) is 0 Å². The number of nitrogens with one attached hydrogen (secondary N) is 1. The molecule has 0 spiro atoms. The molecule has 2 fully saturated rings. The van der Waals surface area contributed by atoms with Gasteiger partial charge in [0.05, 0.1) is 0 Å². The third-order valence-electron chi connectivity index (χ3n) is 3.77. The van der Waals surface area contributed by atoms with Gasteiger partial charge in [0.25, 0.3) is 0 Å². The van der Waals surface area contributed by atoms with Crippen molar-refractivity contribution >= 4 is 0 Å². The highest BCUT2D eigenvalue weighted by atomic mass is 15.3. The van der Waals surface area contributed by atoms with Crippen molar-refractivity contribution in [3.05, 3.63) is 0 Å². The van der Waals surface area contributed by atoms with Crippen LogP contribution in [0, 0.1) is 0 Å². The van der Waals surface area contributed by atoms with E-state index in [2.05, 4.69) is 24.1 Å². The van der Waals surface area contributed by atoms with Crippen molar-refractivity contribution in [3.8, 4) is 0 Å². The summed E-state index contributed by atoms with van der Waals surface area (Å²) in [5.74, 6) is 0. The Morgan fingerprint density at radius 3 is 2.07 bits per heavy atom. The molecule has 1 aliphatic carbocycles. The van der Waals surface area contributed by atoms with Gasteiger partial charge in [-0.1, -0.05) is 19.3 Å². The van der Waals surface area contributed by atoms with Gasteiger partial charge in [-0.25, -0.2) is 0 Å². The monoisotopic (exact) mass is 196 g/mol. The smallest absolute Gasteiger partial charge is 0.0351 e. The van der Waals surface area contributed by atoms with Crippen LogP contribution in [0.5, 0.6) is 0 Å². The first kappa shape index (κ1) is 10.4. The van der Waals surface area contributed by atoms with E-state index >= 15 is 0 Å². The second-order valence-electron chi connectivity index (χ2n) is 5.14. The topological polar surface area (TPSA) is 15.3 Å². The lowest BCUT2D eigenvalue weighted by molar-refractivity contribution is 0.0442. The Labute approximate surface area is 88.1 Å². The number of nitrogens with zero attached hydrogens (tertiary/aromatic N) is 1. The normalized spacial score (nSPS) is 25.7. The molecule has 0 amide bonds. The van der Waals surface area contributed by atoms with Crippen LogP contribution in [0.15, 0.2) is 0 Å². The Kier molecular flexibility index (Phi) is 3.45. The van der Waals surface area contributed by atoms with E-state index in [9.17, 15) is 0 Å². The van der Waals surface area contributed by atoms with E-state index in [1.807, 2.05) is 0 Å². The summed E-state index contributed by atoms with van der Waals surface area (Å²) in [6, 6.07) is 2.44. The molecule has 1 saturated carbocycles. The van der Waals surface area contributed by atoms with Crippen molar-refractivity contribution in [2.45, 2.75) is 64.1 Å². The fraction of sp³-hybridized carbons (Fsp3) is 1.00. The molecule has 1 saturated heterocycles. The molecule has 0 aromatic carbocycles. The van der Waals surface area contributed by atoms with Gasteiger partial charge in [0, 0.05) is 31.2 Å². The van der Waals surface area contributed by atoms with Crippen LogP contribution in [0.3, 0.4) is 0 Å². The quantitative estimate of drug-likeness (QED) is 0.743. The van der Waals surface area contributed by atoms with Crippen LogP contribution in [0.25, 0.3) is 0 Å². The molecule has 0 radical (unpaired) electrons. The predicted octanol–water partition coefficient (Wildman–Crippen LogP) is 2.00. The molecule has 0 unspecified atom stereocenters. The third kappa shape index (κ3) is 2.12. The highest BCUT2D eigenvalue weighted by Crippen LogP contribution is 2.26. The largest absolute Gasteiger partial charge is 0.314 e. The molecule has 0 bridgehead atoms. The zero-order valence-electron chi connectivity index (χ0n) is 9.63. The summed E-state index contributed by atoms with van der Waals surface area (Å²) in [4.78, 5) is 2.77. The maximum atomic E-state index is 3.39. The Hall–Kier alpha value is -0.0800. The van der Waals surface area contributed by atoms with E-state index in [0.29, 0.717) is 0 Å². The summed E-state index contributed by atoms with van der Waals surface area (Å²) < 4.78 is 0. The van der Waals surface area contributed by atoms with Crippen molar-refractivity contribution in [3.63, 3.8) is 0 Å². The summed E-state index contributed by atoms with van der Waals surface area (Å²) in [7, 11) is 0. The molecule has 0 atom stereocenters. The zero-order valence-corrected chi connectivity index (χ0v) is 9.63. The van der Waals surface area contributed by atoms with Gasteiger partial charge in [0.15, 0.2) is 0 Å². The second-order valence-corrected chi connectivity index (χ2v) is 5.14. The Bertz CT molecular complexity index is 169. The maximum Gasteiger partial charge on any atom is 0.0351 e. The highest BCUT2D eigenvalue weighted by molar-refractivity contribution is 4.91. The molecule has 82 valence electrons. The lowest BCUT2D eigenvalue weighted by Crippen LogP contribution is -2.62. The molecule has 2 heteroatoms. The van der Waals surface area contributed by atoms with Crippen LogP contribution in [-0.2, 0) is 0 Å². The maximum absolute atomic E-state index is 3.39. The van der Waals surface area contributed by atoms with Crippen LogP contribution in [-0.4, -0.2) is 36.1 Å². The standard InChI is InChI=1S/C12H24N2/c1-10(2)14(12-8-13-9-12)11-6-4-3-5-7-11/h10-13H,3-9H2,1-2H3. The molecular weight excluding hydrogens is 172 g/mol. The van der Waals surface area contributed by atoms with Gasteiger partial charge in [0.2, 0.25) is 0 Å². The van der Waals surface area contributed by atoms with Crippen LogP contribution >= 0.6 is 0 Å². The third-order valence-corrected chi connectivity index (χ3v) is 3.77. The summed E-state index contributed by atoms with van der Waals surface area (Å²) in [5.41, 5.74) is 0. The van der Waals surface area contributed by atoms with Gasteiger partial charge < -0.3 is 5.32 Å². The van der Waals surface area contributed by atoms with Gasteiger partial charge in [-0.2, -0.15) is 0 Å². The Morgan fingerprint density at radius 2 is 1.64 bits per heavy atom. The van der Waals surface area contributed by atoms with Gasteiger partial charge in [-0.05, 0) is 26.7 Å². The molecule has 2 nitrogen and oxygen atoms in total. The van der Waals surface area contributed by atoms with E-state index in [1.54, 1.807) is 0 Å². The van der Waals surface area contributed by atoms with E-state index in [4.69, 9.17) is 0 Å². The van der Waals surface area contributed by atoms with Gasteiger partial charge >= 0.3 is 0 Å². The summed E-state index contributed by atoms with van der Waals surface area (Å²) >= 11 is 0. The van der Waals surface area contributed by atoms with Crippen LogP contribution < -0.4 is 5.32 Å². The van der Waals surface area contributed by atoms with E-state index in [1.165, 1.54) is 45.2 Å². The van der Waals surface area contributed by atoms with Crippen LogP contribution in [0.4, 0.5) is 0 Å². The summed E-state index contributed by atoms with van der Waals surface area (Å²) in [6.45, 7) is 7.14. The molecule has 1 aliphatic heterocycles. The molecular formula is C12H24N2. The van der Waals surface area contributed by atoms with Crippen molar-refractivity contribution in [2.24, 2.45) is 0 Å². The fourth-order valence-electron chi connectivity index (χ4n) is 3.00. The number of hydrogen-bond acceptors (Lipinski definition) is 2. The minimum Gasteiger partial charge on any atom is -0.314 e. The van der Waals surface area contributed by atoms with Gasteiger partial charge in [-0.15, -0.1) is 0 Å². The molecule has 0 aromatic heterocycles. The van der Waals surface area contributed by atoms with E-state index in [0.717, 1.165) is 18.1 Å². The molecule has 2 aliphatic rings. The van der Waals surface area contributed by atoms with E-state index < -0.39 is 0 Å². The first-order valence-electron chi connectivity index (χ1n) is 6.27. The lowest BCUT2D eigenvalue weighted by Gasteiger charge is -2.46. The van der Waals surface area contributed by atoms with Crippen molar-refractivity contribution < 1.29 is 0 Å². The molecule has 2 rings (SSSR count). The first-order valence-corrected chi connectivity index (χ1v) is 6.27. The molecule has 1 heterocycles.